The van der Waals surface area contributed by atoms with Crippen molar-refractivity contribution >= 4 is 17.7 Å². The Morgan fingerprint density at radius 1 is 0.852 bits per heavy atom. The van der Waals surface area contributed by atoms with Crippen molar-refractivity contribution in [1.29, 1.82) is 0 Å². The Balaban J connectivity index is 1.22. The summed E-state index contributed by atoms with van der Waals surface area (Å²) in [4.78, 5) is 28.9. The minimum Gasteiger partial charge on any atom is -0.335 e. The summed E-state index contributed by atoms with van der Waals surface area (Å²) in [6.07, 6.45) is 6.81. The standard InChI is InChI=1S/C21H30N4O2/c26-20(22-18-7-2-1-3-8-18)24-11-9-19(10-12-24)23-21(27)25-14-16-5-4-6-17(13-16)15-25/h1-3,7-8,16-17,19H,4-6,9-15H2,(H,22,26)(H,23,27)/t16-,17-/m0/s1. The molecule has 4 rings (SSSR count). The van der Waals surface area contributed by atoms with Gasteiger partial charge in [-0.1, -0.05) is 24.6 Å². The number of fused-ring (bicyclic) bond motifs is 2. The van der Waals surface area contributed by atoms with Crippen LogP contribution in [0.3, 0.4) is 0 Å². The van der Waals surface area contributed by atoms with Gasteiger partial charge in [0.2, 0.25) is 0 Å². The third kappa shape index (κ3) is 4.54. The molecule has 1 saturated carbocycles. The van der Waals surface area contributed by atoms with Gasteiger partial charge in [0, 0.05) is 37.9 Å². The number of nitrogens with zero attached hydrogens (tertiary/aromatic N) is 2. The van der Waals surface area contributed by atoms with Crippen LogP contribution in [0.25, 0.3) is 0 Å². The minimum absolute atomic E-state index is 0.0603. The van der Waals surface area contributed by atoms with Crippen molar-refractivity contribution in [3.8, 4) is 0 Å². The fourth-order valence-corrected chi connectivity index (χ4v) is 4.81. The van der Waals surface area contributed by atoms with E-state index in [0.717, 1.165) is 31.6 Å². The molecule has 2 aliphatic heterocycles. The van der Waals surface area contributed by atoms with E-state index in [1.807, 2.05) is 40.1 Å². The first-order chi connectivity index (χ1) is 13.2. The average molecular weight is 370 g/mol. The Morgan fingerprint density at radius 2 is 1.52 bits per heavy atom. The fraction of sp³-hybridized carbons (Fsp3) is 0.619. The second kappa shape index (κ2) is 8.19. The summed E-state index contributed by atoms with van der Waals surface area (Å²) in [5, 5.41) is 6.15. The van der Waals surface area contributed by atoms with Crippen LogP contribution in [-0.2, 0) is 0 Å². The van der Waals surface area contributed by atoms with Crippen LogP contribution >= 0.6 is 0 Å². The van der Waals surface area contributed by atoms with Gasteiger partial charge < -0.3 is 20.4 Å². The average Bonchev–Trinajstić information content (AvgIpc) is 2.69. The van der Waals surface area contributed by atoms with E-state index in [9.17, 15) is 9.59 Å². The highest BCUT2D eigenvalue weighted by Crippen LogP contribution is 2.34. The maximum absolute atomic E-state index is 12.7. The third-order valence-corrected chi connectivity index (χ3v) is 6.27. The van der Waals surface area contributed by atoms with Gasteiger partial charge >= 0.3 is 12.1 Å². The SMILES string of the molecule is O=C(Nc1ccccc1)N1CCC(NC(=O)N2C[C@H]3CCC[C@@H](C3)C2)CC1. The maximum atomic E-state index is 12.7. The second-order valence-corrected chi connectivity index (χ2v) is 8.31. The molecule has 6 heteroatoms. The van der Waals surface area contributed by atoms with Crippen molar-refractivity contribution in [2.45, 2.75) is 44.6 Å². The number of urea groups is 2. The molecule has 2 bridgehead atoms. The zero-order chi connectivity index (χ0) is 18.6. The topological polar surface area (TPSA) is 64.7 Å². The number of hydrogen-bond acceptors (Lipinski definition) is 2. The first kappa shape index (κ1) is 18.1. The smallest absolute Gasteiger partial charge is 0.321 e. The Kier molecular flexibility index (Phi) is 5.50. The molecule has 0 spiro atoms. The molecule has 146 valence electrons. The maximum Gasteiger partial charge on any atom is 0.321 e. The first-order valence-corrected chi connectivity index (χ1v) is 10.3. The van der Waals surface area contributed by atoms with E-state index in [0.29, 0.717) is 24.9 Å². The van der Waals surface area contributed by atoms with Crippen LogP contribution in [0.1, 0.15) is 38.5 Å². The van der Waals surface area contributed by atoms with Crippen molar-refractivity contribution in [3.63, 3.8) is 0 Å². The molecule has 2 heterocycles. The highest BCUT2D eigenvalue weighted by molar-refractivity contribution is 5.89. The Morgan fingerprint density at radius 3 is 2.19 bits per heavy atom. The summed E-state index contributed by atoms with van der Waals surface area (Å²) in [6.45, 7) is 3.19. The van der Waals surface area contributed by atoms with Gasteiger partial charge in [0.15, 0.2) is 0 Å². The highest BCUT2D eigenvalue weighted by Gasteiger charge is 2.33. The van der Waals surface area contributed by atoms with Gasteiger partial charge in [0.05, 0.1) is 0 Å². The number of carbonyl (C=O) groups excluding carboxylic acids is 2. The van der Waals surface area contributed by atoms with Crippen molar-refractivity contribution in [2.75, 3.05) is 31.5 Å². The lowest BCUT2D eigenvalue weighted by atomic mass is 9.78. The summed E-state index contributed by atoms with van der Waals surface area (Å²) in [5.41, 5.74) is 0.813. The number of anilines is 1. The number of hydrogen-bond donors (Lipinski definition) is 2. The molecule has 4 amide bonds. The molecule has 0 radical (unpaired) electrons. The molecule has 3 aliphatic rings. The van der Waals surface area contributed by atoms with Crippen LogP contribution < -0.4 is 10.6 Å². The minimum atomic E-state index is -0.0603. The summed E-state index contributed by atoms with van der Waals surface area (Å²) in [6, 6.07) is 9.73. The zero-order valence-electron chi connectivity index (χ0n) is 15.9. The van der Waals surface area contributed by atoms with E-state index in [2.05, 4.69) is 10.6 Å². The van der Waals surface area contributed by atoms with Crippen LogP contribution in [0.5, 0.6) is 0 Å². The van der Waals surface area contributed by atoms with Gasteiger partial charge in [-0.05, 0) is 56.1 Å². The molecule has 3 fully saturated rings. The number of piperidine rings is 2. The van der Waals surface area contributed by atoms with E-state index in [4.69, 9.17) is 0 Å². The Labute approximate surface area is 161 Å². The lowest BCUT2D eigenvalue weighted by molar-refractivity contribution is 0.0994. The molecular weight excluding hydrogens is 340 g/mol. The third-order valence-electron chi connectivity index (χ3n) is 6.27. The molecule has 0 aromatic heterocycles. The number of rotatable bonds is 2. The molecule has 2 N–H and O–H groups in total. The molecule has 2 saturated heterocycles. The summed E-state index contributed by atoms with van der Waals surface area (Å²) in [7, 11) is 0. The lowest BCUT2D eigenvalue weighted by Gasteiger charge is -2.42. The second-order valence-electron chi connectivity index (χ2n) is 8.31. The van der Waals surface area contributed by atoms with Crippen molar-refractivity contribution < 1.29 is 9.59 Å². The molecule has 1 aliphatic carbocycles. The predicted molar refractivity (Wildman–Crippen MR) is 106 cm³/mol. The van der Waals surface area contributed by atoms with E-state index in [1.54, 1.807) is 0 Å². The zero-order valence-corrected chi connectivity index (χ0v) is 15.9. The first-order valence-electron chi connectivity index (χ1n) is 10.3. The van der Waals surface area contributed by atoms with Gasteiger partial charge in [-0.3, -0.25) is 0 Å². The molecule has 1 aromatic carbocycles. The Bertz CT molecular complexity index is 645. The number of para-hydroxylation sites is 1. The molecular formula is C21H30N4O2. The highest BCUT2D eigenvalue weighted by atomic mass is 16.2. The number of likely N-dealkylation sites (tertiary alicyclic amines) is 2. The molecule has 1 aromatic rings. The van der Waals surface area contributed by atoms with Crippen LogP contribution in [0.4, 0.5) is 15.3 Å². The van der Waals surface area contributed by atoms with Crippen molar-refractivity contribution in [1.82, 2.24) is 15.1 Å². The van der Waals surface area contributed by atoms with Crippen LogP contribution in [0.15, 0.2) is 30.3 Å². The molecule has 27 heavy (non-hydrogen) atoms. The van der Waals surface area contributed by atoms with Crippen LogP contribution in [-0.4, -0.2) is 54.1 Å². The van der Waals surface area contributed by atoms with Crippen LogP contribution in [0, 0.1) is 11.8 Å². The van der Waals surface area contributed by atoms with Crippen molar-refractivity contribution in [3.05, 3.63) is 30.3 Å². The number of amides is 4. The Hall–Kier alpha value is -2.24. The summed E-state index contributed by atoms with van der Waals surface area (Å²) in [5.74, 6) is 1.40. The van der Waals surface area contributed by atoms with Gasteiger partial charge in [0.1, 0.15) is 0 Å². The predicted octanol–water partition coefficient (Wildman–Crippen LogP) is 3.51. The molecule has 0 unspecified atom stereocenters. The lowest BCUT2D eigenvalue weighted by Crippen LogP contribution is -2.54. The summed E-state index contributed by atoms with van der Waals surface area (Å²) < 4.78 is 0. The monoisotopic (exact) mass is 370 g/mol. The van der Waals surface area contributed by atoms with E-state index < -0.39 is 0 Å². The fourth-order valence-electron chi connectivity index (χ4n) is 4.81. The molecule has 6 nitrogen and oxygen atoms in total. The number of benzene rings is 1. The van der Waals surface area contributed by atoms with Crippen LogP contribution in [0.2, 0.25) is 0 Å². The van der Waals surface area contributed by atoms with Crippen molar-refractivity contribution in [2.24, 2.45) is 11.8 Å². The normalized spacial score (nSPS) is 25.8. The van der Waals surface area contributed by atoms with Gasteiger partial charge in [0.25, 0.3) is 0 Å². The largest absolute Gasteiger partial charge is 0.335 e. The van der Waals surface area contributed by atoms with Gasteiger partial charge in [-0.15, -0.1) is 0 Å². The van der Waals surface area contributed by atoms with Gasteiger partial charge in [-0.25, -0.2) is 9.59 Å². The van der Waals surface area contributed by atoms with E-state index in [1.165, 1.54) is 25.7 Å². The van der Waals surface area contributed by atoms with Gasteiger partial charge in [-0.2, -0.15) is 0 Å². The number of carbonyl (C=O) groups is 2. The molecule has 2 atom stereocenters. The quantitative estimate of drug-likeness (QED) is 0.837. The summed E-state index contributed by atoms with van der Waals surface area (Å²) >= 11 is 0. The number of nitrogens with one attached hydrogen (secondary N) is 2. The van der Waals surface area contributed by atoms with E-state index >= 15 is 0 Å². The van der Waals surface area contributed by atoms with E-state index in [-0.39, 0.29) is 18.1 Å².